The summed E-state index contributed by atoms with van der Waals surface area (Å²) in [4.78, 5) is 35.3. The van der Waals surface area contributed by atoms with E-state index in [1.165, 1.54) is 5.56 Å². The van der Waals surface area contributed by atoms with Crippen LogP contribution in [0.4, 0.5) is 0 Å². The highest BCUT2D eigenvalue weighted by atomic mass is 16.2. The molecule has 1 aromatic heterocycles. The minimum Gasteiger partial charge on any atom is -0.330 e. The first-order valence-corrected chi connectivity index (χ1v) is 11.1. The number of benzene rings is 2. The predicted molar refractivity (Wildman–Crippen MR) is 125 cm³/mol. The molecule has 0 saturated carbocycles. The molecule has 0 spiro atoms. The Morgan fingerprint density at radius 1 is 1.06 bits per heavy atom. The van der Waals surface area contributed by atoms with Crippen LogP contribution in [0.3, 0.4) is 0 Å². The highest BCUT2D eigenvalue weighted by molar-refractivity contribution is 5.94. The maximum Gasteiger partial charge on any atom is 0.258 e. The van der Waals surface area contributed by atoms with Gasteiger partial charge in [0.25, 0.3) is 11.5 Å². The van der Waals surface area contributed by atoms with E-state index in [9.17, 15) is 9.59 Å². The van der Waals surface area contributed by atoms with Gasteiger partial charge in [-0.2, -0.15) is 0 Å². The number of hydrogen-bond acceptors (Lipinski definition) is 4. The number of H-pyrrole nitrogens is 1. The number of amides is 1. The molecule has 31 heavy (non-hydrogen) atoms. The lowest BCUT2D eigenvalue weighted by atomic mass is 10.1. The van der Waals surface area contributed by atoms with E-state index < -0.39 is 0 Å². The smallest absolute Gasteiger partial charge is 0.258 e. The average Bonchev–Trinajstić information content (AvgIpc) is 2.80. The van der Waals surface area contributed by atoms with Crippen LogP contribution in [0.25, 0.3) is 10.9 Å². The molecule has 3 rings (SSSR count). The molecule has 0 aliphatic rings. The number of carbonyl (C=O) groups excluding carboxylic acids is 1. The van der Waals surface area contributed by atoms with Crippen molar-refractivity contribution in [2.45, 2.75) is 52.0 Å². The Labute approximate surface area is 183 Å². The third-order valence-corrected chi connectivity index (χ3v) is 5.72. The molecule has 2 aromatic carbocycles. The largest absolute Gasteiger partial charge is 0.330 e. The summed E-state index contributed by atoms with van der Waals surface area (Å²) in [6.45, 7) is 5.29. The summed E-state index contributed by atoms with van der Waals surface area (Å²) in [5.41, 5.74) is 7.89. The van der Waals surface area contributed by atoms with Crippen LogP contribution in [0.15, 0.2) is 53.3 Å². The second-order valence-corrected chi connectivity index (χ2v) is 7.90. The zero-order valence-corrected chi connectivity index (χ0v) is 18.4. The number of para-hydroxylation sites is 1. The lowest BCUT2D eigenvalue weighted by molar-refractivity contribution is 0.0679. The van der Waals surface area contributed by atoms with Crippen molar-refractivity contribution in [2.24, 2.45) is 5.73 Å². The van der Waals surface area contributed by atoms with Crippen molar-refractivity contribution in [1.29, 1.82) is 0 Å². The monoisotopic (exact) mass is 420 g/mol. The van der Waals surface area contributed by atoms with Gasteiger partial charge in [0.15, 0.2) is 0 Å². The summed E-state index contributed by atoms with van der Waals surface area (Å²) >= 11 is 0. The topological polar surface area (TPSA) is 92.1 Å². The normalized spacial score (nSPS) is 12.1. The van der Waals surface area contributed by atoms with Gasteiger partial charge in [-0.25, -0.2) is 4.98 Å². The number of rotatable bonds is 10. The van der Waals surface area contributed by atoms with Gasteiger partial charge in [-0.1, -0.05) is 44.0 Å². The van der Waals surface area contributed by atoms with Crippen LogP contribution in [0, 0.1) is 0 Å². The highest BCUT2D eigenvalue weighted by Gasteiger charge is 2.24. The van der Waals surface area contributed by atoms with Crippen molar-refractivity contribution < 1.29 is 4.79 Å². The van der Waals surface area contributed by atoms with Crippen LogP contribution < -0.4 is 11.3 Å². The number of fused-ring (bicyclic) bond motifs is 1. The van der Waals surface area contributed by atoms with E-state index in [-0.39, 0.29) is 17.5 Å². The number of nitrogens with two attached hydrogens (primary N) is 1. The molecule has 1 atom stereocenters. The van der Waals surface area contributed by atoms with E-state index in [4.69, 9.17) is 5.73 Å². The van der Waals surface area contributed by atoms with Gasteiger partial charge < -0.3 is 15.6 Å². The minimum atomic E-state index is -0.356. The molecule has 3 aromatic rings. The van der Waals surface area contributed by atoms with Gasteiger partial charge in [0.2, 0.25) is 0 Å². The molecular formula is C25H32N4O2. The summed E-state index contributed by atoms with van der Waals surface area (Å²) in [5, 5.41) is 0.549. The van der Waals surface area contributed by atoms with Crippen molar-refractivity contribution in [2.75, 3.05) is 13.1 Å². The fourth-order valence-corrected chi connectivity index (χ4v) is 3.75. The molecule has 6 nitrogen and oxygen atoms in total. The van der Waals surface area contributed by atoms with Gasteiger partial charge in [0.1, 0.15) is 5.82 Å². The van der Waals surface area contributed by atoms with E-state index >= 15 is 0 Å². The lowest BCUT2D eigenvalue weighted by Gasteiger charge is -2.29. The number of aromatic nitrogens is 2. The van der Waals surface area contributed by atoms with Gasteiger partial charge in [-0.15, -0.1) is 0 Å². The summed E-state index contributed by atoms with van der Waals surface area (Å²) in [6, 6.07) is 14.6. The Bertz CT molecular complexity index is 1060. The number of hydrogen-bond donors (Lipinski definition) is 2. The fraction of sp³-hybridized carbons (Fsp3) is 0.400. The highest BCUT2D eigenvalue weighted by Crippen LogP contribution is 2.22. The maximum atomic E-state index is 13.4. The molecule has 0 aliphatic heterocycles. The third kappa shape index (κ3) is 5.58. The fourth-order valence-electron chi connectivity index (χ4n) is 3.75. The van der Waals surface area contributed by atoms with E-state index in [1.807, 2.05) is 54.3 Å². The number of aryl methyl sites for hydroxylation is 1. The number of nitrogens with zero attached hydrogens (tertiary/aromatic N) is 2. The van der Waals surface area contributed by atoms with Gasteiger partial charge in [-0.3, -0.25) is 9.59 Å². The van der Waals surface area contributed by atoms with E-state index in [0.29, 0.717) is 35.4 Å². The first-order chi connectivity index (χ1) is 15.0. The quantitative estimate of drug-likeness (QED) is 0.481. The maximum absolute atomic E-state index is 13.4. The molecule has 1 unspecified atom stereocenters. The SMILES string of the molecule is CCc1ccc(C(=O)N(CCCCCCN)C(C)c2nc3ccccc3c(=O)[nH]2)cc1. The van der Waals surface area contributed by atoms with Crippen LogP contribution in [0.2, 0.25) is 0 Å². The van der Waals surface area contributed by atoms with Crippen molar-refractivity contribution in [3.63, 3.8) is 0 Å². The van der Waals surface area contributed by atoms with Crippen molar-refractivity contribution in [1.82, 2.24) is 14.9 Å². The summed E-state index contributed by atoms with van der Waals surface area (Å²) < 4.78 is 0. The molecule has 0 radical (unpaired) electrons. The molecule has 6 heteroatoms. The second kappa shape index (κ2) is 10.9. The summed E-state index contributed by atoms with van der Waals surface area (Å²) in [7, 11) is 0. The van der Waals surface area contributed by atoms with Gasteiger partial charge in [0.05, 0.1) is 16.9 Å². The Kier molecular flexibility index (Phi) is 7.95. The summed E-state index contributed by atoms with van der Waals surface area (Å²) in [6.07, 6.45) is 4.84. The van der Waals surface area contributed by atoms with Crippen molar-refractivity contribution >= 4 is 16.8 Å². The van der Waals surface area contributed by atoms with Gasteiger partial charge >= 0.3 is 0 Å². The predicted octanol–water partition coefficient (Wildman–Crippen LogP) is 4.21. The van der Waals surface area contributed by atoms with Gasteiger partial charge in [-0.05, 0) is 62.6 Å². The second-order valence-electron chi connectivity index (χ2n) is 7.90. The molecule has 1 amide bonds. The molecule has 1 heterocycles. The molecule has 0 saturated heterocycles. The third-order valence-electron chi connectivity index (χ3n) is 5.72. The Morgan fingerprint density at radius 3 is 2.48 bits per heavy atom. The number of nitrogens with one attached hydrogen (secondary N) is 1. The van der Waals surface area contributed by atoms with Crippen LogP contribution in [0.5, 0.6) is 0 Å². The first kappa shape index (κ1) is 22.7. The molecule has 0 bridgehead atoms. The standard InChI is InChI=1S/C25H32N4O2/c1-3-19-12-14-20(15-13-19)25(31)29(17-9-5-4-8-16-26)18(2)23-27-22-11-7-6-10-21(22)24(30)28-23/h6-7,10-15,18H,3-5,8-9,16-17,26H2,1-2H3,(H,27,28,30). The molecular weight excluding hydrogens is 388 g/mol. The number of carbonyl (C=O) groups is 1. The van der Waals surface area contributed by atoms with Crippen molar-refractivity contribution in [3.8, 4) is 0 Å². The molecule has 0 fully saturated rings. The molecule has 0 aliphatic carbocycles. The first-order valence-electron chi connectivity index (χ1n) is 11.1. The van der Waals surface area contributed by atoms with E-state index in [2.05, 4.69) is 16.9 Å². The average molecular weight is 421 g/mol. The number of aromatic amines is 1. The zero-order chi connectivity index (χ0) is 22.2. The molecule has 3 N–H and O–H groups in total. The van der Waals surface area contributed by atoms with Crippen LogP contribution in [-0.2, 0) is 6.42 Å². The summed E-state index contributed by atoms with van der Waals surface area (Å²) in [5.74, 6) is 0.453. The molecule has 164 valence electrons. The zero-order valence-electron chi connectivity index (χ0n) is 18.4. The van der Waals surface area contributed by atoms with Crippen LogP contribution in [0.1, 0.15) is 67.3 Å². The lowest BCUT2D eigenvalue weighted by Crippen LogP contribution is -2.36. The Hall–Kier alpha value is -2.99. The van der Waals surface area contributed by atoms with Crippen LogP contribution >= 0.6 is 0 Å². The Balaban J connectivity index is 1.88. The minimum absolute atomic E-state index is 0.0511. The van der Waals surface area contributed by atoms with Crippen molar-refractivity contribution in [3.05, 3.63) is 75.8 Å². The van der Waals surface area contributed by atoms with E-state index in [1.54, 1.807) is 6.07 Å². The Morgan fingerprint density at radius 2 is 1.77 bits per heavy atom. The van der Waals surface area contributed by atoms with E-state index in [0.717, 1.165) is 32.1 Å². The van der Waals surface area contributed by atoms with Crippen LogP contribution in [-0.4, -0.2) is 33.9 Å². The number of unbranched alkanes of at least 4 members (excludes halogenated alkanes) is 3. The van der Waals surface area contributed by atoms with Gasteiger partial charge in [0, 0.05) is 12.1 Å².